The summed E-state index contributed by atoms with van der Waals surface area (Å²) in [7, 11) is 3.01. The van der Waals surface area contributed by atoms with Crippen LogP contribution in [0.2, 0.25) is 0 Å². The van der Waals surface area contributed by atoms with Gasteiger partial charge in [0.25, 0.3) is 0 Å². The number of rotatable bonds is 8. The van der Waals surface area contributed by atoms with Gasteiger partial charge in [0.15, 0.2) is 4.77 Å². The number of aromatic nitrogens is 2. The van der Waals surface area contributed by atoms with Crippen LogP contribution in [0.25, 0.3) is 0 Å². The summed E-state index contributed by atoms with van der Waals surface area (Å²) in [5, 5.41) is 0. The Kier molecular flexibility index (Phi) is 7.26. The van der Waals surface area contributed by atoms with Crippen LogP contribution in [-0.4, -0.2) is 48.3 Å². The monoisotopic (exact) mass is 377 g/mol. The summed E-state index contributed by atoms with van der Waals surface area (Å²) >= 11 is 5.07. The maximum absolute atomic E-state index is 12.5. The summed E-state index contributed by atoms with van der Waals surface area (Å²) in [6, 6.07) is 11.2. The van der Waals surface area contributed by atoms with Crippen molar-refractivity contribution in [3.63, 3.8) is 0 Å². The molecule has 0 atom stereocenters. The van der Waals surface area contributed by atoms with E-state index in [0.717, 1.165) is 5.56 Å². The molecule has 1 amide bonds. The van der Waals surface area contributed by atoms with Crippen molar-refractivity contribution in [1.29, 1.82) is 0 Å². The predicted molar refractivity (Wildman–Crippen MR) is 99.0 cm³/mol. The number of hydrogen-bond acceptors (Lipinski definition) is 6. The molecule has 1 aromatic heterocycles. The normalized spacial score (nSPS) is 11.2. The Balaban J connectivity index is 2.14. The first-order valence-electron chi connectivity index (χ1n) is 8.16. The van der Waals surface area contributed by atoms with Crippen molar-refractivity contribution in [1.82, 2.24) is 14.9 Å². The van der Waals surface area contributed by atoms with Gasteiger partial charge in [-0.1, -0.05) is 30.3 Å². The number of H-pyrrole nitrogens is 1. The van der Waals surface area contributed by atoms with Gasteiger partial charge < -0.3 is 24.1 Å². The van der Waals surface area contributed by atoms with Gasteiger partial charge >= 0.3 is 6.09 Å². The number of methoxy groups -OCH3 is 2. The van der Waals surface area contributed by atoms with Gasteiger partial charge in [0.2, 0.25) is 5.79 Å². The highest BCUT2D eigenvalue weighted by molar-refractivity contribution is 7.71. The number of carbonyl (C=O) groups is 1. The third-order valence-corrected chi connectivity index (χ3v) is 4.20. The fraction of sp³-hybridized carbons (Fsp3) is 0.389. The van der Waals surface area contributed by atoms with Crippen LogP contribution >= 0.6 is 12.2 Å². The highest BCUT2D eigenvalue weighted by atomic mass is 32.1. The lowest BCUT2D eigenvalue weighted by Gasteiger charge is -2.35. The molecule has 7 nitrogen and oxygen atoms in total. The van der Waals surface area contributed by atoms with E-state index in [9.17, 15) is 4.79 Å². The van der Waals surface area contributed by atoms with Gasteiger partial charge in [0, 0.05) is 27.0 Å². The minimum absolute atomic E-state index is 0.124. The molecule has 0 spiro atoms. The third-order valence-electron chi connectivity index (χ3n) is 3.99. The second-order valence-electron chi connectivity index (χ2n) is 5.50. The first-order valence-corrected chi connectivity index (χ1v) is 8.57. The van der Waals surface area contributed by atoms with Gasteiger partial charge in [-0.25, -0.2) is 9.78 Å². The van der Waals surface area contributed by atoms with Gasteiger partial charge in [-0.05, 0) is 30.8 Å². The summed E-state index contributed by atoms with van der Waals surface area (Å²) in [4.78, 5) is 20.9. The van der Waals surface area contributed by atoms with Crippen LogP contribution in [-0.2, 0) is 26.6 Å². The summed E-state index contributed by atoms with van der Waals surface area (Å²) < 4.78 is 16.9. The maximum Gasteiger partial charge on any atom is 0.410 e. The average molecular weight is 377 g/mol. The van der Waals surface area contributed by atoms with E-state index in [0.29, 0.717) is 17.0 Å². The van der Waals surface area contributed by atoms with Crippen LogP contribution in [0.4, 0.5) is 4.79 Å². The molecule has 8 heteroatoms. The molecule has 0 aliphatic rings. The minimum atomic E-state index is -1.21. The molecule has 0 aliphatic carbocycles. The topological polar surface area (TPSA) is 76.7 Å². The van der Waals surface area contributed by atoms with Crippen molar-refractivity contribution < 1.29 is 19.0 Å². The molecule has 0 saturated heterocycles. The van der Waals surface area contributed by atoms with Crippen LogP contribution in [0.3, 0.4) is 0 Å². The quantitative estimate of drug-likeness (QED) is 0.562. The summed E-state index contributed by atoms with van der Waals surface area (Å²) in [6.07, 6.45) is 1.10. The van der Waals surface area contributed by atoms with Crippen LogP contribution in [0.5, 0.6) is 0 Å². The lowest BCUT2D eigenvalue weighted by atomic mass is 10.1. The zero-order valence-corrected chi connectivity index (χ0v) is 15.9. The Labute approximate surface area is 157 Å². The molecule has 0 aliphatic heterocycles. The largest absolute Gasteiger partial charge is 0.445 e. The van der Waals surface area contributed by atoms with E-state index in [4.69, 9.17) is 26.4 Å². The van der Waals surface area contributed by atoms with Gasteiger partial charge in [0.05, 0.1) is 12.2 Å². The second-order valence-corrected chi connectivity index (χ2v) is 5.89. The molecule has 0 unspecified atom stereocenters. The zero-order valence-electron chi connectivity index (χ0n) is 15.1. The third kappa shape index (κ3) is 4.87. The van der Waals surface area contributed by atoms with Crippen molar-refractivity contribution in [2.45, 2.75) is 19.3 Å². The Hall–Kier alpha value is -2.29. The smallest absolute Gasteiger partial charge is 0.410 e. The molecule has 1 aromatic carbocycles. The van der Waals surface area contributed by atoms with E-state index in [1.54, 1.807) is 12.3 Å². The predicted octanol–water partition coefficient (Wildman–Crippen LogP) is 3.24. The first-order chi connectivity index (χ1) is 12.5. The summed E-state index contributed by atoms with van der Waals surface area (Å²) in [6.45, 7) is 2.60. The van der Waals surface area contributed by atoms with Gasteiger partial charge in [-0.15, -0.1) is 0 Å². The molecule has 2 aromatic rings. The zero-order chi connectivity index (χ0) is 19.0. The number of nitrogens with one attached hydrogen (secondary N) is 1. The van der Waals surface area contributed by atoms with Crippen molar-refractivity contribution in [3.8, 4) is 0 Å². The van der Waals surface area contributed by atoms with Crippen LogP contribution in [0, 0.1) is 4.77 Å². The minimum Gasteiger partial charge on any atom is -0.445 e. The fourth-order valence-corrected chi connectivity index (χ4v) is 2.65. The first kappa shape index (κ1) is 20.0. The van der Waals surface area contributed by atoms with E-state index < -0.39 is 11.9 Å². The molecule has 140 valence electrons. The van der Waals surface area contributed by atoms with Crippen LogP contribution in [0.15, 0.2) is 42.6 Å². The Bertz CT molecular complexity index is 762. The lowest BCUT2D eigenvalue weighted by Crippen LogP contribution is -2.47. The fourth-order valence-electron chi connectivity index (χ4n) is 2.48. The highest BCUT2D eigenvalue weighted by Gasteiger charge is 2.37. The van der Waals surface area contributed by atoms with E-state index in [2.05, 4.69) is 9.97 Å². The number of aromatic amines is 1. The molecular formula is C18H23N3O4S. The SMILES string of the molecule is CCN(CC(OC)(OC)c1ccnc(=S)[nH]1)C(=O)OCc1ccccc1. The summed E-state index contributed by atoms with van der Waals surface area (Å²) in [5.74, 6) is -1.21. The van der Waals surface area contributed by atoms with E-state index >= 15 is 0 Å². The van der Waals surface area contributed by atoms with E-state index in [-0.39, 0.29) is 13.2 Å². The van der Waals surface area contributed by atoms with Crippen molar-refractivity contribution in [2.75, 3.05) is 27.3 Å². The number of ether oxygens (including phenoxy) is 3. The molecule has 26 heavy (non-hydrogen) atoms. The molecule has 2 rings (SSSR count). The number of nitrogens with zero attached hydrogens (tertiary/aromatic N) is 2. The van der Waals surface area contributed by atoms with Gasteiger partial charge in [-0.3, -0.25) is 0 Å². The average Bonchev–Trinajstić information content (AvgIpc) is 2.68. The highest BCUT2D eigenvalue weighted by Crippen LogP contribution is 2.26. The molecule has 0 bridgehead atoms. The second kappa shape index (κ2) is 9.42. The van der Waals surface area contributed by atoms with Gasteiger partial charge in [-0.2, -0.15) is 0 Å². The molecule has 0 radical (unpaired) electrons. The molecule has 0 fully saturated rings. The summed E-state index contributed by atoms with van der Waals surface area (Å²) in [5.41, 5.74) is 1.48. The maximum atomic E-state index is 12.5. The number of hydrogen-bond donors (Lipinski definition) is 1. The molecule has 0 saturated carbocycles. The molecule has 1 N–H and O–H groups in total. The molecular weight excluding hydrogens is 354 g/mol. The Morgan fingerprint density at radius 1 is 1.23 bits per heavy atom. The van der Waals surface area contributed by atoms with Crippen molar-refractivity contribution in [3.05, 3.63) is 58.6 Å². The van der Waals surface area contributed by atoms with E-state index in [1.165, 1.54) is 19.1 Å². The van der Waals surface area contributed by atoms with Crippen LogP contribution < -0.4 is 0 Å². The Morgan fingerprint density at radius 2 is 1.92 bits per heavy atom. The van der Waals surface area contributed by atoms with E-state index in [1.807, 2.05) is 37.3 Å². The molecule has 1 heterocycles. The van der Waals surface area contributed by atoms with Crippen molar-refractivity contribution >= 4 is 18.3 Å². The number of amides is 1. The van der Waals surface area contributed by atoms with Gasteiger partial charge in [0.1, 0.15) is 6.61 Å². The Morgan fingerprint density at radius 3 is 2.50 bits per heavy atom. The number of carbonyl (C=O) groups excluding carboxylic acids is 1. The van der Waals surface area contributed by atoms with Crippen LogP contribution in [0.1, 0.15) is 18.2 Å². The van der Waals surface area contributed by atoms with Crippen molar-refractivity contribution in [2.24, 2.45) is 0 Å². The number of likely N-dealkylation sites (N-methyl/N-ethyl adjacent to an activating group) is 1. The standard InChI is InChI=1S/C18H23N3O4S/c1-4-21(17(22)25-12-14-8-6-5-7-9-14)13-18(23-2,24-3)15-10-11-19-16(26)20-15/h5-11H,4,12-13H2,1-3H3,(H,19,20,26). The number of benzene rings is 1. The lowest BCUT2D eigenvalue weighted by molar-refractivity contribution is -0.225.